The van der Waals surface area contributed by atoms with E-state index in [4.69, 9.17) is 0 Å². The highest BCUT2D eigenvalue weighted by molar-refractivity contribution is 6.13. The maximum Gasteiger partial charge on any atom is 0.250 e. The number of hydrogen-bond acceptors (Lipinski definition) is 1. The van der Waals surface area contributed by atoms with Crippen LogP contribution in [0.1, 0.15) is 31.9 Å². The topological polar surface area (TPSA) is 29.4 Å². The molecular weight excluding hydrogens is 186 g/mol. The van der Waals surface area contributed by atoms with E-state index >= 15 is 0 Å². The normalized spacial score (nSPS) is 15.9. The Bertz CT molecular complexity index is 438. The molecule has 0 aliphatic carbocycles. The van der Waals surface area contributed by atoms with Crippen molar-refractivity contribution in [2.45, 2.75) is 27.2 Å². The molecule has 0 saturated heterocycles. The highest BCUT2D eigenvalue weighted by Gasteiger charge is 2.27. The van der Waals surface area contributed by atoms with Crippen LogP contribution in [-0.2, 0) is 11.2 Å². The molecule has 1 heterocycles. The van der Waals surface area contributed by atoms with E-state index in [1.54, 1.807) is 0 Å². The van der Waals surface area contributed by atoms with E-state index in [1.165, 1.54) is 0 Å². The third-order valence-electron chi connectivity index (χ3n) is 2.56. The number of carbonyl (C=O) groups is 1. The smallest absolute Gasteiger partial charge is 0.250 e. The van der Waals surface area contributed by atoms with Gasteiger partial charge in [-0.25, -0.2) is 4.99 Å². The summed E-state index contributed by atoms with van der Waals surface area (Å²) in [6.45, 7) is 6.25. The molecule has 15 heavy (non-hydrogen) atoms. The molecule has 1 amide bonds. The van der Waals surface area contributed by atoms with Crippen LogP contribution in [0.5, 0.6) is 0 Å². The number of amides is 1. The minimum absolute atomic E-state index is 0.0291. The maximum absolute atomic E-state index is 11.5. The van der Waals surface area contributed by atoms with Crippen LogP contribution in [0.15, 0.2) is 29.3 Å². The van der Waals surface area contributed by atoms with Crippen molar-refractivity contribution in [2.75, 3.05) is 0 Å². The van der Waals surface area contributed by atoms with E-state index in [1.807, 2.05) is 24.3 Å². The van der Waals surface area contributed by atoms with Gasteiger partial charge >= 0.3 is 0 Å². The molecule has 2 nitrogen and oxygen atoms in total. The quantitative estimate of drug-likeness (QED) is 0.634. The summed E-state index contributed by atoms with van der Waals surface area (Å²) in [5.41, 5.74) is 3.06. The Hall–Kier alpha value is -1.44. The Morgan fingerprint density at radius 3 is 2.53 bits per heavy atom. The first-order valence-electron chi connectivity index (χ1n) is 5.19. The fourth-order valence-electron chi connectivity index (χ4n) is 1.86. The lowest BCUT2D eigenvalue weighted by Crippen LogP contribution is -2.28. The Morgan fingerprint density at radius 1 is 1.20 bits per heavy atom. The highest BCUT2D eigenvalue weighted by Crippen LogP contribution is 2.27. The van der Waals surface area contributed by atoms with Crippen LogP contribution < -0.4 is 0 Å². The van der Waals surface area contributed by atoms with Crippen molar-refractivity contribution in [3.63, 3.8) is 0 Å². The fourth-order valence-corrected chi connectivity index (χ4v) is 1.86. The first-order chi connectivity index (χ1) is 6.98. The lowest BCUT2D eigenvalue weighted by molar-refractivity contribution is -0.117. The molecule has 2 rings (SSSR count). The van der Waals surface area contributed by atoms with Gasteiger partial charge in [0, 0.05) is 11.0 Å². The Kier molecular flexibility index (Phi) is 2.22. The predicted molar refractivity (Wildman–Crippen MR) is 61.1 cm³/mol. The monoisotopic (exact) mass is 201 g/mol. The molecule has 0 atom stereocenters. The summed E-state index contributed by atoms with van der Waals surface area (Å²) in [6, 6.07) is 8.02. The number of hydrogen-bond donors (Lipinski definition) is 0. The molecule has 0 bridgehead atoms. The van der Waals surface area contributed by atoms with Gasteiger partial charge in [0.2, 0.25) is 5.91 Å². The van der Waals surface area contributed by atoms with E-state index < -0.39 is 0 Å². The largest absolute Gasteiger partial charge is 0.272 e. The second-order valence-electron chi connectivity index (χ2n) is 4.94. The Labute approximate surface area is 90.0 Å². The van der Waals surface area contributed by atoms with Crippen molar-refractivity contribution in [2.24, 2.45) is 10.4 Å². The van der Waals surface area contributed by atoms with Crippen molar-refractivity contribution in [1.29, 1.82) is 0 Å². The van der Waals surface area contributed by atoms with Gasteiger partial charge < -0.3 is 0 Å². The molecule has 1 aromatic carbocycles. The van der Waals surface area contributed by atoms with E-state index in [-0.39, 0.29) is 11.3 Å². The molecule has 1 aliphatic heterocycles. The summed E-state index contributed by atoms with van der Waals surface area (Å²) in [4.78, 5) is 15.7. The molecule has 0 N–H and O–H groups in total. The average Bonchev–Trinajstić information content (AvgIpc) is 2.15. The minimum atomic E-state index is -0.0772. The number of aliphatic imine (C=N–C) groups is 1. The fraction of sp³-hybridized carbons (Fsp3) is 0.385. The van der Waals surface area contributed by atoms with E-state index in [0.29, 0.717) is 6.42 Å². The third kappa shape index (κ3) is 1.84. The molecule has 0 unspecified atom stereocenters. The van der Waals surface area contributed by atoms with Crippen molar-refractivity contribution in [3.8, 4) is 0 Å². The molecular formula is C13H15NO. The Morgan fingerprint density at radius 2 is 1.87 bits per heavy atom. The molecule has 0 radical (unpaired) electrons. The summed E-state index contributed by atoms with van der Waals surface area (Å²) in [7, 11) is 0. The van der Waals surface area contributed by atoms with Gasteiger partial charge in [0.05, 0.1) is 12.1 Å². The summed E-state index contributed by atoms with van der Waals surface area (Å²) in [5.74, 6) is -0.0291. The van der Waals surface area contributed by atoms with Gasteiger partial charge in [-0.3, -0.25) is 4.79 Å². The second-order valence-corrected chi connectivity index (χ2v) is 4.94. The number of nitrogens with zero attached hydrogens (tertiary/aromatic N) is 1. The van der Waals surface area contributed by atoms with Gasteiger partial charge in [-0.05, 0) is 5.56 Å². The molecule has 78 valence electrons. The van der Waals surface area contributed by atoms with Gasteiger partial charge in [0.15, 0.2) is 0 Å². The molecule has 2 heteroatoms. The van der Waals surface area contributed by atoms with Crippen LogP contribution in [0.3, 0.4) is 0 Å². The molecule has 0 fully saturated rings. The standard InChI is InChI=1S/C13H15NO/c1-13(2,3)12-10-7-5-4-6-9(10)8-11(15)14-12/h4-7H,8H2,1-3H3. The van der Waals surface area contributed by atoms with Crippen LogP contribution in [0.25, 0.3) is 0 Å². The first-order valence-corrected chi connectivity index (χ1v) is 5.19. The molecule has 0 aromatic heterocycles. The van der Waals surface area contributed by atoms with Crippen molar-refractivity contribution >= 4 is 11.6 Å². The van der Waals surface area contributed by atoms with Crippen molar-refractivity contribution in [1.82, 2.24) is 0 Å². The van der Waals surface area contributed by atoms with E-state index in [0.717, 1.165) is 16.8 Å². The predicted octanol–water partition coefficient (Wildman–Crippen LogP) is 2.60. The van der Waals surface area contributed by atoms with Crippen LogP contribution >= 0.6 is 0 Å². The first kappa shape index (κ1) is 10.1. The lowest BCUT2D eigenvalue weighted by Gasteiger charge is -2.26. The summed E-state index contributed by atoms with van der Waals surface area (Å²) in [6.07, 6.45) is 0.440. The number of benzene rings is 1. The minimum Gasteiger partial charge on any atom is -0.272 e. The van der Waals surface area contributed by atoms with Gasteiger partial charge in [-0.15, -0.1) is 0 Å². The van der Waals surface area contributed by atoms with Crippen LogP contribution in [-0.4, -0.2) is 11.6 Å². The zero-order valence-electron chi connectivity index (χ0n) is 9.37. The molecule has 0 saturated carbocycles. The molecule has 1 aromatic rings. The zero-order valence-corrected chi connectivity index (χ0v) is 9.37. The highest BCUT2D eigenvalue weighted by atomic mass is 16.1. The van der Waals surface area contributed by atoms with Gasteiger partial charge in [0.25, 0.3) is 0 Å². The van der Waals surface area contributed by atoms with Crippen molar-refractivity contribution in [3.05, 3.63) is 35.4 Å². The van der Waals surface area contributed by atoms with Gasteiger partial charge in [-0.2, -0.15) is 0 Å². The SMILES string of the molecule is CC(C)(C)C1=NC(=O)Cc2ccccc21. The van der Waals surface area contributed by atoms with Gasteiger partial charge in [0.1, 0.15) is 0 Å². The summed E-state index contributed by atoms with van der Waals surface area (Å²) in [5, 5.41) is 0. The Balaban J connectivity index is 2.59. The number of fused-ring (bicyclic) bond motifs is 1. The second kappa shape index (κ2) is 3.30. The van der Waals surface area contributed by atoms with Gasteiger partial charge in [-0.1, -0.05) is 45.0 Å². The van der Waals surface area contributed by atoms with E-state index in [9.17, 15) is 4.79 Å². The molecule has 1 aliphatic rings. The molecule has 0 spiro atoms. The lowest BCUT2D eigenvalue weighted by atomic mass is 9.82. The third-order valence-corrected chi connectivity index (χ3v) is 2.56. The van der Waals surface area contributed by atoms with Crippen LogP contribution in [0.2, 0.25) is 0 Å². The number of carbonyl (C=O) groups excluding carboxylic acids is 1. The summed E-state index contributed by atoms with van der Waals surface area (Å²) >= 11 is 0. The van der Waals surface area contributed by atoms with E-state index in [2.05, 4.69) is 25.8 Å². The van der Waals surface area contributed by atoms with Crippen LogP contribution in [0, 0.1) is 5.41 Å². The summed E-state index contributed by atoms with van der Waals surface area (Å²) < 4.78 is 0. The average molecular weight is 201 g/mol. The van der Waals surface area contributed by atoms with Crippen molar-refractivity contribution < 1.29 is 4.79 Å². The zero-order chi connectivity index (χ0) is 11.1. The maximum atomic E-state index is 11.5. The number of rotatable bonds is 0. The van der Waals surface area contributed by atoms with Crippen LogP contribution in [0.4, 0.5) is 0 Å².